The Balaban J connectivity index is 2.68. The SMILES string of the molecule is COCCCN(C)c1ncc(Br)cc1CNCC(C)C. The Morgan fingerprint density at radius 2 is 2.20 bits per heavy atom. The van der Waals surface area contributed by atoms with Gasteiger partial charge in [-0.2, -0.15) is 0 Å². The van der Waals surface area contributed by atoms with Crippen LogP contribution in [-0.2, 0) is 11.3 Å². The Kier molecular flexibility index (Phi) is 8.11. The molecule has 1 N–H and O–H groups in total. The third-order valence-electron chi connectivity index (χ3n) is 2.98. The topological polar surface area (TPSA) is 37.4 Å². The number of aromatic nitrogens is 1. The van der Waals surface area contributed by atoms with Crippen LogP contribution in [0.5, 0.6) is 0 Å². The van der Waals surface area contributed by atoms with Gasteiger partial charge in [0.1, 0.15) is 5.82 Å². The van der Waals surface area contributed by atoms with E-state index in [-0.39, 0.29) is 0 Å². The van der Waals surface area contributed by atoms with E-state index in [2.05, 4.69) is 58.1 Å². The van der Waals surface area contributed by atoms with Crippen molar-refractivity contribution in [3.05, 3.63) is 22.3 Å². The first-order valence-electron chi connectivity index (χ1n) is 7.09. The number of hydrogen-bond acceptors (Lipinski definition) is 4. The second-order valence-corrected chi connectivity index (χ2v) is 6.34. The highest BCUT2D eigenvalue weighted by Gasteiger charge is 2.10. The third kappa shape index (κ3) is 6.20. The molecule has 0 aliphatic rings. The number of nitrogens with one attached hydrogen (secondary N) is 1. The molecule has 0 unspecified atom stereocenters. The number of halogens is 1. The summed E-state index contributed by atoms with van der Waals surface area (Å²) < 4.78 is 6.12. The normalized spacial score (nSPS) is 11.1. The summed E-state index contributed by atoms with van der Waals surface area (Å²) in [5, 5.41) is 3.48. The van der Waals surface area contributed by atoms with Gasteiger partial charge in [-0.15, -0.1) is 0 Å². The lowest BCUT2D eigenvalue weighted by molar-refractivity contribution is 0.196. The van der Waals surface area contributed by atoms with Gasteiger partial charge in [-0.3, -0.25) is 0 Å². The van der Waals surface area contributed by atoms with Crippen LogP contribution < -0.4 is 10.2 Å². The Hall–Kier alpha value is -0.650. The van der Waals surface area contributed by atoms with Gasteiger partial charge in [0.25, 0.3) is 0 Å². The van der Waals surface area contributed by atoms with Gasteiger partial charge in [-0.05, 0) is 40.9 Å². The van der Waals surface area contributed by atoms with Gasteiger partial charge in [0.15, 0.2) is 0 Å². The maximum atomic E-state index is 5.10. The molecule has 5 heteroatoms. The molecule has 0 saturated carbocycles. The van der Waals surface area contributed by atoms with Gasteiger partial charge in [0, 0.05) is 50.1 Å². The fourth-order valence-corrected chi connectivity index (χ4v) is 2.37. The molecule has 0 bridgehead atoms. The lowest BCUT2D eigenvalue weighted by Gasteiger charge is -2.21. The zero-order valence-corrected chi connectivity index (χ0v) is 14.5. The monoisotopic (exact) mass is 343 g/mol. The van der Waals surface area contributed by atoms with E-state index in [1.165, 1.54) is 5.56 Å². The van der Waals surface area contributed by atoms with Crippen molar-refractivity contribution >= 4 is 21.7 Å². The van der Waals surface area contributed by atoms with Gasteiger partial charge in [-0.25, -0.2) is 4.98 Å². The van der Waals surface area contributed by atoms with Gasteiger partial charge in [0.2, 0.25) is 0 Å². The quantitative estimate of drug-likeness (QED) is 0.699. The number of rotatable bonds is 9. The molecule has 0 saturated heterocycles. The smallest absolute Gasteiger partial charge is 0.132 e. The fraction of sp³-hybridized carbons (Fsp3) is 0.667. The van der Waals surface area contributed by atoms with Crippen molar-refractivity contribution in [2.75, 3.05) is 38.8 Å². The summed E-state index contributed by atoms with van der Waals surface area (Å²) in [4.78, 5) is 6.75. The molecular formula is C15H26BrN3O. The molecule has 0 aliphatic heterocycles. The Bertz CT molecular complexity index is 399. The van der Waals surface area contributed by atoms with Crippen LogP contribution in [0.3, 0.4) is 0 Å². The summed E-state index contributed by atoms with van der Waals surface area (Å²) >= 11 is 3.50. The van der Waals surface area contributed by atoms with Gasteiger partial charge >= 0.3 is 0 Å². The molecule has 0 fully saturated rings. The lowest BCUT2D eigenvalue weighted by atomic mass is 10.2. The van der Waals surface area contributed by atoms with Crippen molar-refractivity contribution in [1.82, 2.24) is 10.3 Å². The number of nitrogens with zero attached hydrogens (tertiary/aromatic N) is 2. The van der Waals surface area contributed by atoms with Gasteiger partial charge in [0.05, 0.1) is 0 Å². The summed E-state index contributed by atoms with van der Waals surface area (Å²) in [6.07, 6.45) is 2.86. The second kappa shape index (κ2) is 9.32. The van der Waals surface area contributed by atoms with Crippen LogP contribution in [0, 0.1) is 5.92 Å². The molecule has 0 amide bonds. The number of methoxy groups -OCH3 is 1. The standard InChI is InChI=1S/C15H26BrN3O/c1-12(2)9-17-10-13-8-14(16)11-18-15(13)19(3)6-5-7-20-4/h8,11-12,17H,5-7,9-10H2,1-4H3. The molecular weight excluding hydrogens is 318 g/mol. The predicted molar refractivity (Wildman–Crippen MR) is 88.2 cm³/mol. The minimum atomic E-state index is 0.651. The van der Waals surface area contributed by atoms with Crippen LogP contribution in [-0.4, -0.2) is 38.8 Å². The van der Waals surface area contributed by atoms with Crippen LogP contribution in [0.4, 0.5) is 5.82 Å². The van der Waals surface area contributed by atoms with Crippen molar-refractivity contribution in [3.8, 4) is 0 Å². The van der Waals surface area contributed by atoms with Crippen molar-refractivity contribution in [2.45, 2.75) is 26.8 Å². The van der Waals surface area contributed by atoms with Gasteiger partial charge < -0.3 is 15.0 Å². The highest BCUT2D eigenvalue weighted by atomic mass is 79.9. The minimum absolute atomic E-state index is 0.651. The van der Waals surface area contributed by atoms with Gasteiger partial charge in [-0.1, -0.05) is 13.8 Å². The molecule has 20 heavy (non-hydrogen) atoms. The van der Waals surface area contributed by atoms with E-state index < -0.39 is 0 Å². The molecule has 1 aromatic rings. The summed E-state index contributed by atoms with van der Waals surface area (Å²) in [7, 11) is 3.82. The molecule has 1 heterocycles. The van der Waals surface area contributed by atoms with E-state index in [0.717, 1.165) is 43.0 Å². The van der Waals surface area contributed by atoms with Crippen molar-refractivity contribution in [3.63, 3.8) is 0 Å². The Labute approximate surface area is 131 Å². The highest BCUT2D eigenvalue weighted by Crippen LogP contribution is 2.21. The van der Waals surface area contributed by atoms with E-state index in [4.69, 9.17) is 4.74 Å². The van der Waals surface area contributed by atoms with E-state index in [1.807, 2.05) is 6.20 Å². The third-order valence-corrected chi connectivity index (χ3v) is 3.41. The zero-order valence-electron chi connectivity index (χ0n) is 12.9. The number of pyridine rings is 1. The predicted octanol–water partition coefficient (Wildman–Crippen LogP) is 3.06. The van der Waals surface area contributed by atoms with Crippen molar-refractivity contribution in [1.29, 1.82) is 0 Å². The van der Waals surface area contributed by atoms with Crippen molar-refractivity contribution in [2.24, 2.45) is 5.92 Å². The molecule has 0 atom stereocenters. The highest BCUT2D eigenvalue weighted by molar-refractivity contribution is 9.10. The van der Waals surface area contributed by atoms with E-state index in [9.17, 15) is 0 Å². The summed E-state index contributed by atoms with van der Waals surface area (Å²) in [6.45, 7) is 8.00. The molecule has 0 aliphatic carbocycles. The largest absolute Gasteiger partial charge is 0.385 e. The second-order valence-electron chi connectivity index (χ2n) is 5.43. The van der Waals surface area contributed by atoms with Crippen LogP contribution in [0.1, 0.15) is 25.8 Å². The zero-order chi connectivity index (χ0) is 15.0. The first-order valence-corrected chi connectivity index (χ1v) is 7.89. The summed E-state index contributed by atoms with van der Waals surface area (Å²) in [5.74, 6) is 1.69. The average molecular weight is 344 g/mol. The molecule has 0 radical (unpaired) electrons. The van der Waals surface area contributed by atoms with Crippen molar-refractivity contribution < 1.29 is 4.74 Å². The van der Waals surface area contributed by atoms with E-state index >= 15 is 0 Å². The van der Waals surface area contributed by atoms with Crippen LogP contribution >= 0.6 is 15.9 Å². The average Bonchev–Trinajstić information content (AvgIpc) is 2.38. The molecule has 1 rings (SSSR count). The maximum absolute atomic E-state index is 5.10. The minimum Gasteiger partial charge on any atom is -0.385 e. The first kappa shape index (κ1) is 17.4. The summed E-state index contributed by atoms with van der Waals surface area (Å²) in [5.41, 5.74) is 1.22. The molecule has 0 spiro atoms. The maximum Gasteiger partial charge on any atom is 0.132 e. The van der Waals surface area contributed by atoms with Crippen LogP contribution in [0.2, 0.25) is 0 Å². The first-order chi connectivity index (χ1) is 9.54. The van der Waals surface area contributed by atoms with E-state index in [0.29, 0.717) is 5.92 Å². The molecule has 114 valence electrons. The number of hydrogen-bond donors (Lipinski definition) is 1. The lowest BCUT2D eigenvalue weighted by Crippen LogP contribution is -2.25. The molecule has 4 nitrogen and oxygen atoms in total. The number of anilines is 1. The molecule has 0 aromatic carbocycles. The van der Waals surface area contributed by atoms with Crippen LogP contribution in [0.25, 0.3) is 0 Å². The van der Waals surface area contributed by atoms with E-state index in [1.54, 1.807) is 7.11 Å². The van der Waals surface area contributed by atoms with Crippen LogP contribution in [0.15, 0.2) is 16.7 Å². The molecule has 1 aromatic heterocycles. The number of ether oxygens (including phenoxy) is 1. The Morgan fingerprint density at radius 3 is 2.85 bits per heavy atom. The Morgan fingerprint density at radius 1 is 1.45 bits per heavy atom. The fourth-order valence-electron chi connectivity index (χ4n) is 2.00. The summed E-state index contributed by atoms with van der Waals surface area (Å²) in [6, 6.07) is 2.14.